The van der Waals surface area contributed by atoms with Gasteiger partial charge < -0.3 is 9.47 Å². The maximum atomic E-state index is 13.6. The summed E-state index contributed by atoms with van der Waals surface area (Å²) in [6.07, 6.45) is 0.729. The smallest absolute Gasteiger partial charge is 0.162 e. The molecule has 0 radical (unpaired) electrons. The van der Waals surface area contributed by atoms with Crippen molar-refractivity contribution in [2.75, 3.05) is 6.61 Å². The highest BCUT2D eigenvalue weighted by Crippen LogP contribution is 2.33. The molecule has 2 rings (SSSR count). The Bertz CT molecular complexity index is 643. The van der Waals surface area contributed by atoms with Crippen molar-refractivity contribution in [1.82, 2.24) is 0 Å². The first-order chi connectivity index (χ1) is 10.2. The summed E-state index contributed by atoms with van der Waals surface area (Å²) >= 11 is 3.29. The van der Waals surface area contributed by atoms with Gasteiger partial charge in [-0.3, -0.25) is 4.79 Å². The molecule has 3 nitrogen and oxygen atoms in total. The van der Waals surface area contributed by atoms with Gasteiger partial charge in [-0.05, 0) is 41.1 Å². The summed E-state index contributed by atoms with van der Waals surface area (Å²) in [4.78, 5) is 10.9. The van der Waals surface area contributed by atoms with E-state index in [9.17, 15) is 9.18 Å². The van der Waals surface area contributed by atoms with Crippen LogP contribution in [0, 0.1) is 5.82 Å². The molecule has 2 aromatic carbocycles. The molecule has 5 heteroatoms. The van der Waals surface area contributed by atoms with Crippen LogP contribution in [-0.4, -0.2) is 12.9 Å². The quantitative estimate of drug-likeness (QED) is 0.723. The van der Waals surface area contributed by atoms with Gasteiger partial charge in [-0.25, -0.2) is 4.39 Å². The van der Waals surface area contributed by atoms with Crippen molar-refractivity contribution in [1.29, 1.82) is 0 Å². The van der Waals surface area contributed by atoms with Gasteiger partial charge in [0.1, 0.15) is 12.4 Å². The normalized spacial score (nSPS) is 10.2. The lowest BCUT2D eigenvalue weighted by molar-refractivity contribution is 0.112. The molecule has 0 aliphatic rings. The summed E-state index contributed by atoms with van der Waals surface area (Å²) in [5, 5.41) is 0. The number of hydrogen-bond acceptors (Lipinski definition) is 3. The van der Waals surface area contributed by atoms with E-state index in [2.05, 4.69) is 15.9 Å². The molecule has 0 N–H and O–H groups in total. The first-order valence-corrected chi connectivity index (χ1v) is 7.22. The van der Waals surface area contributed by atoms with Gasteiger partial charge in [0.2, 0.25) is 0 Å². The third kappa shape index (κ3) is 3.82. The van der Waals surface area contributed by atoms with Crippen LogP contribution in [0.5, 0.6) is 11.5 Å². The molecular weight excluding hydrogens is 339 g/mol. The van der Waals surface area contributed by atoms with E-state index >= 15 is 0 Å². The van der Waals surface area contributed by atoms with Gasteiger partial charge in [-0.2, -0.15) is 0 Å². The van der Waals surface area contributed by atoms with E-state index in [0.29, 0.717) is 33.7 Å². The molecule has 0 bridgehead atoms. The molecular formula is C16H14BrFO3. The van der Waals surface area contributed by atoms with Gasteiger partial charge in [0.05, 0.1) is 6.61 Å². The molecule has 0 fully saturated rings. The molecule has 0 aliphatic carbocycles. The van der Waals surface area contributed by atoms with Crippen LogP contribution in [0.2, 0.25) is 0 Å². The minimum Gasteiger partial charge on any atom is -0.490 e. The summed E-state index contributed by atoms with van der Waals surface area (Å²) in [6.45, 7) is 2.36. The second-order valence-corrected chi connectivity index (χ2v) is 5.11. The molecule has 110 valence electrons. The monoisotopic (exact) mass is 352 g/mol. The van der Waals surface area contributed by atoms with E-state index in [0.717, 1.165) is 6.29 Å². The van der Waals surface area contributed by atoms with Gasteiger partial charge >= 0.3 is 0 Å². The number of halogens is 2. The Labute approximate surface area is 130 Å². The summed E-state index contributed by atoms with van der Waals surface area (Å²) in [5.74, 6) is 0.593. The first kappa shape index (κ1) is 15.5. The molecule has 0 heterocycles. The molecule has 0 saturated heterocycles. The SMILES string of the molecule is CCOc1cc(C=O)c(Br)cc1OCc1ccccc1F. The number of benzene rings is 2. The first-order valence-electron chi connectivity index (χ1n) is 6.43. The van der Waals surface area contributed by atoms with Crippen molar-refractivity contribution in [2.24, 2.45) is 0 Å². The third-order valence-electron chi connectivity index (χ3n) is 2.83. The predicted molar refractivity (Wildman–Crippen MR) is 81.4 cm³/mol. The van der Waals surface area contributed by atoms with Crippen molar-refractivity contribution < 1.29 is 18.7 Å². The predicted octanol–water partition coefficient (Wildman–Crippen LogP) is 4.38. The molecule has 0 aromatic heterocycles. The van der Waals surface area contributed by atoms with Crippen molar-refractivity contribution in [2.45, 2.75) is 13.5 Å². The fourth-order valence-corrected chi connectivity index (χ4v) is 2.21. The Balaban J connectivity index is 2.24. The highest BCUT2D eigenvalue weighted by Gasteiger charge is 2.11. The van der Waals surface area contributed by atoms with Crippen LogP contribution in [0.15, 0.2) is 40.9 Å². The zero-order valence-corrected chi connectivity index (χ0v) is 13.0. The zero-order valence-electron chi connectivity index (χ0n) is 11.4. The summed E-state index contributed by atoms with van der Waals surface area (Å²) in [5.41, 5.74) is 0.923. The van der Waals surface area contributed by atoms with Crippen molar-refractivity contribution >= 4 is 22.2 Å². The second kappa shape index (κ2) is 7.22. The largest absolute Gasteiger partial charge is 0.490 e. The van der Waals surface area contributed by atoms with Crippen LogP contribution < -0.4 is 9.47 Å². The number of aldehydes is 1. The number of rotatable bonds is 6. The Morgan fingerprint density at radius 3 is 2.57 bits per heavy atom. The minimum atomic E-state index is -0.320. The fourth-order valence-electron chi connectivity index (χ4n) is 1.79. The van der Waals surface area contributed by atoms with Crippen LogP contribution in [0.4, 0.5) is 4.39 Å². The van der Waals surface area contributed by atoms with E-state index in [1.807, 2.05) is 6.92 Å². The molecule has 0 amide bonds. The van der Waals surface area contributed by atoms with E-state index < -0.39 is 0 Å². The van der Waals surface area contributed by atoms with Crippen LogP contribution in [-0.2, 0) is 6.61 Å². The summed E-state index contributed by atoms with van der Waals surface area (Å²) in [6, 6.07) is 9.65. The lowest BCUT2D eigenvalue weighted by atomic mass is 10.2. The van der Waals surface area contributed by atoms with E-state index in [4.69, 9.17) is 9.47 Å². The standard InChI is InChI=1S/C16H14BrFO3/c1-2-20-15-7-12(9-19)13(17)8-16(15)21-10-11-5-3-4-6-14(11)18/h3-9H,2,10H2,1H3. The number of ether oxygens (including phenoxy) is 2. The van der Waals surface area contributed by atoms with Crippen molar-refractivity contribution in [3.8, 4) is 11.5 Å². The van der Waals surface area contributed by atoms with Gasteiger partial charge in [0.15, 0.2) is 17.8 Å². The van der Waals surface area contributed by atoms with Crippen LogP contribution in [0.1, 0.15) is 22.8 Å². The third-order valence-corrected chi connectivity index (χ3v) is 3.52. The molecule has 0 aliphatic heterocycles. The Kier molecular flexibility index (Phi) is 5.33. The molecule has 21 heavy (non-hydrogen) atoms. The number of carbonyl (C=O) groups excluding carboxylic acids is 1. The summed E-state index contributed by atoms with van der Waals surface area (Å²) < 4.78 is 25.3. The van der Waals surface area contributed by atoms with Gasteiger partial charge in [0, 0.05) is 15.6 Å². The van der Waals surface area contributed by atoms with Gasteiger partial charge in [-0.15, -0.1) is 0 Å². The van der Waals surface area contributed by atoms with Crippen LogP contribution in [0.25, 0.3) is 0 Å². The van der Waals surface area contributed by atoms with Crippen molar-refractivity contribution in [3.05, 3.63) is 57.8 Å². The highest BCUT2D eigenvalue weighted by molar-refractivity contribution is 9.10. The highest BCUT2D eigenvalue weighted by atomic mass is 79.9. The lowest BCUT2D eigenvalue weighted by Gasteiger charge is -2.13. The lowest BCUT2D eigenvalue weighted by Crippen LogP contribution is -2.02. The average molecular weight is 353 g/mol. The second-order valence-electron chi connectivity index (χ2n) is 4.25. The van der Waals surface area contributed by atoms with Crippen LogP contribution >= 0.6 is 15.9 Å². The van der Waals surface area contributed by atoms with Crippen LogP contribution in [0.3, 0.4) is 0 Å². The molecule has 0 spiro atoms. The molecule has 2 aromatic rings. The average Bonchev–Trinajstić information content (AvgIpc) is 2.48. The molecule has 0 unspecified atom stereocenters. The summed E-state index contributed by atoms with van der Waals surface area (Å²) in [7, 11) is 0. The zero-order chi connectivity index (χ0) is 15.2. The van der Waals surface area contributed by atoms with E-state index in [1.54, 1.807) is 30.3 Å². The Morgan fingerprint density at radius 1 is 1.19 bits per heavy atom. The minimum absolute atomic E-state index is 0.0830. The number of hydrogen-bond donors (Lipinski definition) is 0. The Morgan fingerprint density at radius 2 is 1.90 bits per heavy atom. The van der Waals surface area contributed by atoms with E-state index in [1.165, 1.54) is 6.07 Å². The number of carbonyl (C=O) groups is 1. The molecule has 0 saturated carbocycles. The topological polar surface area (TPSA) is 35.5 Å². The van der Waals surface area contributed by atoms with Gasteiger partial charge in [-0.1, -0.05) is 18.2 Å². The Hall–Kier alpha value is -1.88. The maximum Gasteiger partial charge on any atom is 0.162 e. The fraction of sp³-hybridized carbons (Fsp3) is 0.188. The van der Waals surface area contributed by atoms with E-state index in [-0.39, 0.29) is 12.4 Å². The molecule has 0 atom stereocenters. The van der Waals surface area contributed by atoms with Gasteiger partial charge in [0.25, 0.3) is 0 Å². The maximum absolute atomic E-state index is 13.6. The van der Waals surface area contributed by atoms with Crippen molar-refractivity contribution in [3.63, 3.8) is 0 Å².